The van der Waals surface area contributed by atoms with E-state index >= 15 is 0 Å². The number of rotatable bonds is 6. The van der Waals surface area contributed by atoms with Crippen molar-refractivity contribution in [2.24, 2.45) is 0 Å². The Morgan fingerprint density at radius 2 is 0.982 bits per heavy atom. The van der Waals surface area contributed by atoms with E-state index in [1.165, 1.54) is 30.9 Å². The summed E-state index contributed by atoms with van der Waals surface area (Å²) >= 11 is 1.82. The molecule has 0 aliphatic carbocycles. The highest BCUT2D eigenvalue weighted by atomic mass is 32.1. The predicted molar refractivity (Wildman–Crippen MR) is 234 cm³/mol. The number of para-hydroxylation sites is 2. The monoisotopic (exact) mass is 732 g/mol. The maximum atomic E-state index is 5.34. The van der Waals surface area contributed by atoms with E-state index in [0.29, 0.717) is 5.82 Å². The Kier molecular flexibility index (Phi) is 7.64. The van der Waals surface area contributed by atoms with Crippen molar-refractivity contribution in [3.63, 3.8) is 0 Å². The summed E-state index contributed by atoms with van der Waals surface area (Å²) in [4.78, 5) is 14.9. The summed E-state index contributed by atoms with van der Waals surface area (Å²) in [6, 6.07) is 64.9. The standard InChI is InChI=1S/C51H32N4S/c1-2-11-36(12-3-1)51-53-44(32-45(54-51)42-16-10-20-49-50(42)43-15-6-9-19-48(43)56-49)38-29-37(34-23-21-33(22-24-34)35-25-27-52-28-26-35)30-39(31-38)55-46-17-7-4-13-40(46)41-14-5-8-18-47(41)55/h1-32H. The lowest BCUT2D eigenvalue weighted by atomic mass is 9.97. The first-order valence-electron chi connectivity index (χ1n) is 18.8. The van der Waals surface area contributed by atoms with Gasteiger partial charge >= 0.3 is 0 Å². The van der Waals surface area contributed by atoms with E-state index in [2.05, 4.69) is 173 Å². The molecule has 262 valence electrons. The lowest BCUT2D eigenvalue weighted by Crippen LogP contribution is -1.99. The van der Waals surface area contributed by atoms with E-state index in [1.807, 2.05) is 41.9 Å². The Morgan fingerprint density at radius 3 is 1.73 bits per heavy atom. The van der Waals surface area contributed by atoms with Crippen LogP contribution in [0.15, 0.2) is 194 Å². The molecule has 0 radical (unpaired) electrons. The van der Waals surface area contributed by atoms with Gasteiger partial charge in [0.1, 0.15) is 0 Å². The van der Waals surface area contributed by atoms with Gasteiger partial charge in [-0.3, -0.25) is 4.98 Å². The molecule has 0 amide bonds. The van der Waals surface area contributed by atoms with E-state index in [1.54, 1.807) is 0 Å². The van der Waals surface area contributed by atoms with E-state index < -0.39 is 0 Å². The summed E-state index contributed by atoms with van der Waals surface area (Å²) in [5.74, 6) is 0.695. The van der Waals surface area contributed by atoms with Crippen LogP contribution in [0.5, 0.6) is 0 Å². The second-order valence-electron chi connectivity index (χ2n) is 14.1. The highest BCUT2D eigenvalue weighted by Crippen LogP contribution is 2.42. The fourth-order valence-corrected chi connectivity index (χ4v) is 9.22. The van der Waals surface area contributed by atoms with Gasteiger partial charge in [0.05, 0.1) is 22.4 Å². The molecule has 7 aromatic carbocycles. The minimum Gasteiger partial charge on any atom is -0.309 e. The highest BCUT2D eigenvalue weighted by molar-refractivity contribution is 7.25. The van der Waals surface area contributed by atoms with E-state index in [-0.39, 0.29) is 0 Å². The van der Waals surface area contributed by atoms with Crippen LogP contribution in [0, 0.1) is 0 Å². The van der Waals surface area contributed by atoms with Gasteiger partial charge < -0.3 is 4.57 Å². The molecule has 4 nitrogen and oxygen atoms in total. The van der Waals surface area contributed by atoms with Gasteiger partial charge in [-0.05, 0) is 82.9 Å². The molecule has 0 unspecified atom stereocenters. The largest absolute Gasteiger partial charge is 0.309 e. The van der Waals surface area contributed by atoms with E-state index in [4.69, 9.17) is 9.97 Å². The molecule has 0 spiro atoms. The van der Waals surface area contributed by atoms with Gasteiger partial charge in [-0.15, -0.1) is 11.3 Å². The normalized spacial score (nSPS) is 11.6. The molecule has 0 saturated heterocycles. The fourth-order valence-electron chi connectivity index (χ4n) is 8.09. The summed E-state index contributed by atoms with van der Waals surface area (Å²) in [6.07, 6.45) is 3.68. The van der Waals surface area contributed by atoms with Crippen LogP contribution in [0.25, 0.3) is 104 Å². The Bertz CT molecular complexity index is 3180. The molecular formula is C51H32N4S. The van der Waals surface area contributed by atoms with Crippen molar-refractivity contribution in [3.8, 4) is 61.8 Å². The molecule has 0 aliphatic rings. The summed E-state index contributed by atoms with van der Waals surface area (Å²) in [7, 11) is 0. The minimum absolute atomic E-state index is 0.695. The van der Waals surface area contributed by atoms with E-state index in [9.17, 15) is 0 Å². The fraction of sp³-hybridized carbons (Fsp3) is 0. The summed E-state index contributed by atoms with van der Waals surface area (Å²) in [6.45, 7) is 0. The molecule has 4 aromatic heterocycles. The first-order valence-corrected chi connectivity index (χ1v) is 19.6. The third-order valence-electron chi connectivity index (χ3n) is 10.7. The van der Waals surface area contributed by atoms with Gasteiger partial charge in [0.15, 0.2) is 5.82 Å². The summed E-state index contributed by atoms with van der Waals surface area (Å²) in [5, 5.41) is 4.92. The minimum atomic E-state index is 0.695. The average molecular weight is 733 g/mol. The van der Waals surface area contributed by atoms with E-state index in [0.717, 1.165) is 67.1 Å². The molecule has 11 aromatic rings. The topological polar surface area (TPSA) is 43.6 Å². The number of fused-ring (bicyclic) bond motifs is 6. The summed E-state index contributed by atoms with van der Waals surface area (Å²) < 4.78 is 4.91. The average Bonchev–Trinajstić information content (AvgIpc) is 3.83. The molecule has 0 bridgehead atoms. The van der Waals surface area contributed by atoms with Crippen molar-refractivity contribution in [2.75, 3.05) is 0 Å². The molecule has 56 heavy (non-hydrogen) atoms. The lowest BCUT2D eigenvalue weighted by molar-refractivity contribution is 1.17. The number of pyridine rings is 1. The number of thiophene rings is 1. The van der Waals surface area contributed by atoms with Crippen LogP contribution >= 0.6 is 11.3 Å². The van der Waals surface area contributed by atoms with Crippen molar-refractivity contribution >= 4 is 53.3 Å². The van der Waals surface area contributed by atoms with Crippen LogP contribution in [0.3, 0.4) is 0 Å². The summed E-state index contributed by atoms with van der Waals surface area (Å²) in [5.41, 5.74) is 12.8. The van der Waals surface area contributed by atoms with Crippen molar-refractivity contribution < 1.29 is 0 Å². The predicted octanol–water partition coefficient (Wildman–Crippen LogP) is 13.7. The smallest absolute Gasteiger partial charge is 0.160 e. The number of benzene rings is 7. The van der Waals surface area contributed by atoms with Gasteiger partial charge in [0, 0.05) is 65.7 Å². The van der Waals surface area contributed by atoms with Crippen LogP contribution in [0.2, 0.25) is 0 Å². The van der Waals surface area contributed by atoms with Gasteiger partial charge in [-0.2, -0.15) is 0 Å². The molecule has 0 atom stereocenters. The van der Waals surface area contributed by atoms with Crippen molar-refractivity contribution in [1.29, 1.82) is 0 Å². The Balaban J connectivity index is 1.17. The van der Waals surface area contributed by atoms with Gasteiger partial charge in [-0.1, -0.05) is 121 Å². The molecule has 0 fully saturated rings. The SMILES string of the molecule is c1ccc(-c2nc(-c3cc(-c4ccc(-c5ccncc5)cc4)cc(-n4c5ccccc5c5ccccc54)c3)cc(-c3cccc4sc5ccccc5c34)n2)cc1. The lowest BCUT2D eigenvalue weighted by Gasteiger charge is -2.15. The molecule has 4 heterocycles. The Hall–Kier alpha value is -7.21. The Morgan fingerprint density at radius 1 is 0.393 bits per heavy atom. The second-order valence-corrected chi connectivity index (χ2v) is 15.1. The Labute approximate surface area is 327 Å². The number of hydrogen-bond acceptors (Lipinski definition) is 4. The third-order valence-corrected chi connectivity index (χ3v) is 11.9. The molecule has 5 heteroatoms. The highest BCUT2D eigenvalue weighted by Gasteiger charge is 2.18. The number of hydrogen-bond donors (Lipinski definition) is 0. The maximum absolute atomic E-state index is 5.34. The van der Waals surface area contributed by atoms with Crippen molar-refractivity contribution in [3.05, 3.63) is 194 Å². The zero-order valence-corrected chi connectivity index (χ0v) is 31.0. The van der Waals surface area contributed by atoms with Gasteiger partial charge in [-0.25, -0.2) is 9.97 Å². The van der Waals surface area contributed by atoms with Crippen LogP contribution < -0.4 is 0 Å². The third kappa shape index (κ3) is 5.48. The van der Waals surface area contributed by atoms with Crippen LogP contribution in [-0.2, 0) is 0 Å². The van der Waals surface area contributed by atoms with Gasteiger partial charge in [0.2, 0.25) is 0 Å². The first-order chi connectivity index (χ1) is 27.7. The quantitative estimate of drug-likeness (QED) is 0.171. The second kappa shape index (κ2) is 13.3. The molecule has 0 saturated carbocycles. The van der Waals surface area contributed by atoms with Crippen molar-refractivity contribution in [2.45, 2.75) is 0 Å². The van der Waals surface area contributed by atoms with Crippen LogP contribution in [0.1, 0.15) is 0 Å². The number of nitrogens with zero attached hydrogens (tertiary/aromatic N) is 4. The molecule has 0 aliphatic heterocycles. The molecule has 11 rings (SSSR count). The maximum Gasteiger partial charge on any atom is 0.160 e. The van der Waals surface area contributed by atoms with Crippen molar-refractivity contribution in [1.82, 2.24) is 19.5 Å². The van der Waals surface area contributed by atoms with Crippen LogP contribution in [0.4, 0.5) is 0 Å². The van der Waals surface area contributed by atoms with Gasteiger partial charge in [0.25, 0.3) is 0 Å². The first kappa shape index (κ1) is 32.2. The molecule has 0 N–H and O–H groups in total. The zero-order chi connectivity index (χ0) is 37.0. The zero-order valence-electron chi connectivity index (χ0n) is 30.2. The molecular weight excluding hydrogens is 701 g/mol. The number of aromatic nitrogens is 4. The van der Waals surface area contributed by atoms with Crippen LogP contribution in [-0.4, -0.2) is 19.5 Å².